The molecule has 8 nitrogen and oxygen atoms in total. The Morgan fingerprint density at radius 2 is 1.69 bits per heavy atom. The number of nitrogens with zero attached hydrogens (tertiary/aromatic N) is 6. The van der Waals surface area contributed by atoms with Crippen molar-refractivity contribution in [2.75, 3.05) is 0 Å². The van der Waals surface area contributed by atoms with Crippen molar-refractivity contribution in [2.45, 2.75) is 77.8 Å². The van der Waals surface area contributed by atoms with Gasteiger partial charge in [-0.05, 0) is 34.2 Å². The van der Waals surface area contributed by atoms with Crippen LogP contribution >= 0.6 is 0 Å². The number of nitrogens with one attached hydrogen (secondary N) is 1. The largest absolute Gasteiger partial charge is 0.346 e. The highest BCUT2D eigenvalue weighted by atomic mass is 16.2. The minimum atomic E-state index is -0.223. The van der Waals surface area contributed by atoms with Gasteiger partial charge in [-0.25, -0.2) is 9.48 Å². The van der Waals surface area contributed by atoms with E-state index < -0.39 is 0 Å². The lowest BCUT2D eigenvalue weighted by Gasteiger charge is -2.21. The molecule has 0 spiro atoms. The van der Waals surface area contributed by atoms with Crippen LogP contribution in [0.1, 0.15) is 70.7 Å². The van der Waals surface area contributed by atoms with E-state index in [1.165, 1.54) is 32.1 Å². The molecule has 0 bridgehead atoms. The zero-order valence-corrected chi connectivity index (χ0v) is 21.4. The lowest BCUT2D eigenvalue weighted by molar-refractivity contribution is 0.316. The lowest BCUT2D eigenvalue weighted by Crippen LogP contribution is -2.28. The Kier molecular flexibility index (Phi) is 6.85. The summed E-state index contributed by atoms with van der Waals surface area (Å²) in [6, 6.07) is 16.4. The summed E-state index contributed by atoms with van der Waals surface area (Å²) in [6.45, 7) is 7.56. The van der Waals surface area contributed by atoms with Crippen LogP contribution in [0.4, 0.5) is 0 Å². The van der Waals surface area contributed by atoms with E-state index in [1.54, 1.807) is 4.68 Å². The van der Waals surface area contributed by atoms with Gasteiger partial charge in [0.05, 0.1) is 6.54 Å². The van der Waals surface area contributed by atoms with Crippen molar-refractivity contribution >= 4 is 0 Å². The van der Waals surface area contributed by atoms with Crippen molar-refractivity contribution in [1.29, 1.82) is 0 Å². The molecule has 2 aromatic heterocycles. The van der Waals surface area contributed by atoms with Crippen molar-refractivity contribution in [3.8, 4) is 22.5 Å². The standard InChI is InChI=1S/C28H35N7O/c1-28(2,3)26-31-35(18-17-20-9-5-4-6-10-20)27(36)34(26)19-21-13-15-22(16-14-21)23-11-7-8-12-24(23)25-29-32-33-30-25/h7-8,11-16,20H,4-6,9-10,17-19H2,1-3H3,(H,29,30,32,33). The summed E-state index contributed by atoms with van der Waals surface area (Å²) >= 11 is 0. The molecule has 5 rings (SSSR count). The van der Waals surface area contributed by atoms with Crippen molar-refractivity contribution in [1.82, 2.24) is 35.0 Å². The van der Waals surface area contributed by atoms with Gasteiger partial charge in [0.1, 0.15) is 5.82 Å². The number of rotatable bonds is 7. The summed E-state index contributed by atoms with van der Waals surface area (Å²) < 4.78 is 3.55. The molecule has 2 aromatic carbocycles. The molecule has 8 heteroatoms. The maximum Gasteiger partial charge on any atom is 0.346 e. The maximum atomic E-state index is 13.4. The van der Waals surface area contributed by atoms with Crippen LogP contribution in [-0.4, -0.2) is 35.0 Å². The van der Waals surface area contributed by atoms with Crippen molar-refractivity contribution in [3.05, 3.63) is 70.4 Å². The van der Waals surface area contributed by atoms with E-state index >= 15 is 0 Å². The Hall–Kier alpha value is -3.55. The second-order valence-corrected chi connectivity index (χ2v) is 10.9. The topological polar surface area (TPSA) is 94.3 Å². The normalized spacial score (nSPS) is 14.9. The van der Waals surface area contributed by atoms with E-state index in [1.807, 2.05) is 22.8 Å². The fourth-order valence-electron chi connectivity index (χ4n) is 5.24. The number of benzene rings is 2. The van der Waals surface area contributed by atoms with E-state index in [9.17, 15) is 4.79 Å². The van der Waals surface area contributed by atoms with Crippen molar-refractivity contribution in [2.24, 2.45) is 5.92 Å². The first-order valence-electron chi connectivity index (χ1n) is 13.0. The Labute approximate surface area is 211 Å². The maximum absolute atomic E-state index is 13.4. The second kappa shape index (κ2) is 10.2. The predicted molar refractivity (Wildman–Crippen MR) is 141 cm³/mol. The fraction of sp³-hybridized carbons (Fsp3) is 0.464. The molecule has 1 N–H and O–H groups in total. The van der Waals surface area contributed by atoms with E-state index in [0.29, 0.717) is 18.9 Å². The molecular weight excluding hydrogens is 450 g/mol. The number of aromatic nitrogens is 7. The fourth-order valence-corrected chi connectivity index (χ4v) is 5.24. The minimum Gasteiger partial charge on any atom is -0.274 e. The van der Waals surface area contributed by atoms with Crippen LogP contribution in [0, 0.1) is 5.92 Å². The molecule has 1 aliphatic carbocycles. The minimum absolute atomic E-state index is 0.0118. The Balaban J connectivity index is 1.39. The summed E-state index contributed by atoms with van der Waals surface area (Å²) in [7, 11) is 0. The highest BCUT2D eigenvalue weighted by Gasteiger charge is 2.25. The van der Waals surface area contributed by atoms with Crippen LogP contribution in [-0.2, 0) is 18.5 Å². The number of aryl methyl sites for hydroxylation is 1. The average molecular weight is 486 g/mol. The highest BCUT2D eigenvalue weighted by Crippen LogP contribution is 2.30. The summed E-state index contributed by atoms with van der Waals surface area (Å²) in [4.78, 5) is 13.4. The first-order valence-corrected chi connectivity index (χ1v) is 13.0. The van der Waals surface area contributed by atoms with Crippen LogP contribution in [0.25, 0.3) is 22.5 Å². The van der Waals surface area contributed by atoms with Crippen molar-refractivity contribution in [3.63, 3.8) is 0 Å². The Morgan fingerprint density at radius 3 is 2.36 bits per heavy atom. The molecule has 188 valence electrons. The number of H-pyrrole nitrogens is 1. The van der Waals surface area contributed by atoms with E-state index in [0.717, 1.165) is 40.4 Å². The highest BCUT2D eigenvalue weighted by molar-refractivity contribution is 5.80. The van der Waals surface area contributed by atoms with Crippen molar-refractivity contribution < 1.29 is 0 Å². The first kappa shape index (κ1) is 24.2. The summed E-state index contributed by atoms with van der Waals surface area (Å²) in [6.07, 6.45) is 7.58. The van der Waals surface area contributed by atoms with Crippen LogP contribution in [0.5, 0.6) is 0 Å². The molecule has 0 radical (unpaired) electrons. The predicted octanol–water partition coefficient (Wildman–Crippen LogP) is 5.21. The number of hydrogen-bond donors (Lipinski definition) is 1. The van der Waals surface area contributed by atoms with Gasteiger partial charge in [-0.1, -0.05) is 101 Å². The van der Waals surface area contributed by atoms with Gasteiger partial charge >= 0.3 is 5.69 Å². The third kappa shape index (κ3) is 5.17. The molecule has 1 aliphatic rings. The van der Waals surface area contributed by atoms with Crippen LogP contribution in [0.3, 0.4) is 0 Å². The van der Waals surface area contributed by atoms with Gasteiger partial charge in [0, 0.05) is 17.5 Å². The SMILES string of the molecule is CC(C)(C)c1nn(CCC2CCCCC2)c(=O)n1Cc1ccc(-c2ccccc2-c2nn[nH]n2)cc1. The Bertz CT molecular complexity index is 1340. The van der Waals surface area contributed by atoms with Gasteiger partial charge in [-0.2, -0.15) is 10.3 Å². The van der Waals surface area contributed by atoms with Gasteiger partial charge < -0.3 is 0 Å². The van der Waals surface area contributed by atoms with Gasteiger partial charge in [0.25, 0.3) is 0 Å². The molecule has 0 atom stereocenters. The molecule has 4 aromatic rings. The van der Waals surface area contributed by atoms with Crippen LogP contribution in [0.15, 0.2) is 53.3 Å². The Morgan fingerprint density at radius 1 is 0.972 bits per heavy atom. The third-order valence-electron chi connectivity index (χ3n) is 7.19. The first-order chi connectivity index (χ1) is 17.4. The quantitative estimate of drug-likeness (QED) is 0.388. The number of hydrogen-bond acceptors (Lipinski definition) is 5. The molecule has 0 aliphatic heterocycles. The molecule has 0 saturated heterocycles. The molecule has 36 heavy (non-hydrogen) atoms. The summed E-state index contributed by atoms with van der Waals surface area (Å²) in [5, 5.41) is 19.3. The molecular formula is C28H35N7O. The third-order valence-corrected chi connectivity index (χ3v) is 7.19. The summed E-state index contributed by atoms with van der Waals surface area (Å²) in [5.74, 6) is 2.12. The average Bonchev–Trinajstić information content (AvgIpc) is 3.53. The number of tetrazole rings is 1. The molecule has 0 amide bonds. The van der Waals surface area contributed by atoms with E-state index in [4.69, 9.17) is 5.10 Å². The summed E-state index contributed by atoms with van der Waals surface area (Å²) in [5.41, 5.74) is 3.85. The lowest BCUT2D eigenvalue weighted by atomic mass is 9.87. The van der Waals surface area contributed by atoms with E-state index in [2.05, 4.69) is 71.7 Å². The molecule has 0 unspecified atom stereocenters. The van der Waals surface area contributed by atoms with Gasteiger partial charge in [0.2, 0.25) is 5.82 Å². The van der Waals surface area contributed by atoms with Gasteiger partial charge in [-0.3, -0.25) is 4.57 Å². The number of aromatic amines is 1. The zero-order valence-electron chi connectivity index (χ0n) is 21.4. The molecule has 2 heterocycles. The molecule has 1 fully saturated rings. The van der Waals surface area contributed by atoms with Gasteiger partial charge in [-0.15, -0.1) is 10.2 Å². The van der Waals surface area contributed by atoms with Crippen LogP contribution in [0.2, 0.25) is 0 Å². The monoisotopic (exact) mass is 485 g/mol. The smallest absolute Gasteiger partial charge is 0.274 e. The zero-order chi connectivity index (χ0) is 25.1. The second-order valence-electron chi connectivity index (χ2n) is 10.9. The molecule has 1 saturated carbocycles. The van der Waals surface area contributed by atoms with Gasteiger partial charge in [0.15, 0.2) is 0 Å². The van der Waals surface area contributed by atoms with E-state index in [-0.39, 0.29) is 11.1 Å². The van der Waals surface area contributed by atoms with Crippen LogP contribution < -0.4 is 5.69 Å².